The minimum absolute atomic E-state index is 0.191. The van der Waals surface area contributed by atoms with E-state index in [0.717, 1.165) is 0 Å². The number of aromatic nitrogens is 2. The van der Waals surface area contributed by atoms with Gasteiger partial charge in [0.25, 0.3) is 5.56 Å². The fraction of sp³-hybridized carbons (Fsp3) is 0.0909. The normalized spacial score (nSPS) is 10.6. The molecule has 2 rings (SSSR count). The molecule has 0 radical (unpaired) electrons. The molecule has 1 N–H and O–H groups in total. The first kappa shape index (κ1) is 12.9. The van der Waals surface area contributed by atoms with Gasteiger partial charge in [0.15, 0.2) is 0 Å². The van der Waals surface area contributed by atoms with Gasteiger partial charge in [-0.2, -0.15) is 0 Å². The summed E-state index contributed by atoms with van der Waals surface area (Å²) in [5.74, 6) is 0.392. The molecule has 3 nitrogen and oxygen atoms in total. The van der Waals surface area contributed by atoms with Crippen molar-refractivity contribution < 1.29 is 0 Å². The molecule has 0 aliphatic rings. The van der Waals surface area contributed by atoms with Crippen molar-refractivity contribution in [1.82, 2.24) is 9.97 Å². The van der Waals surface area contributed by atoms with Crippen LogP contribution in [0.25, 0.3) is 11.4 Å². The highest BCUT2D eigenvalue weighted by atomic mass is 127. The Hall–Kier alpha value is -0.590. The van der Waals surface area contributed by atoms with Gasteiger partial charge < -0.3 is 4.98 Å². The summed E-state index contributed by atoms with van der Waals surface area (Å²) in [4.78, 5) is 18.6. The number of hydrogen-bond acceptors (Lipinski definition) is 2. The number of halogens is 3. The maximum atomic E-state index is 11.7. The molecule has 17 heavy (non-hydrogen) atoms. The van der Waals surface area contributed by atoms with Gasteiger partial charge in [-0.15, -0.1) is 0 Å². The summed E-state index contributed by atoms with van der Waals surface area (Å²) in [5.41, 5.74) is 1.01. The molecule has 0 amide bonds. The molecule has 1 heterocycles. The van der Waals surface area contributed by atoms with Crippen LogP contribution in [0.5, 0.6) is 0 Å². The number of aryl methyl sites for hydroxylation is 1. The van der Waals surface area contributed by atoms with E-state index in [2.05, 4.69) is 9.97 Å². The van der Waals surface area contributed by atoms with Crippen molar-refractivity contribution in [2.24, 2.45) is 0 Å². The lowest BCUT2D eigenvalue weighted by molar-refractivity contribution is 1.05. The maximum Gasteiger partial charge on any atom is 0.264 e. The van der Waals surface area contributed by atoms with Gasteiger partial charge in [-0.05, 0) is 41.6 Å². The molecule has 88 valence electrons. The van der Waals surface area contributed by atoms with Gasteiger partial charge >= 0.3 is 0 Å². The molecule has 0 aliphatic heterocycles. The Morgan fingerprint density at radius 2 is 1.88 bits per heavy atom. The number of benzene rings is 1. The Morgan fingerprint density at radius 1 is 1.29 bits per heavy atom. The number of aromatic amines is 1. The van der Waals surface area contributed by atoms with Crippen molar-refractivity contribution in [3.05, 3.63) is 47.9 Å². The molecule has 1 aromatic carbocycles. The monoisotopic (exact) mass is 380 g/mol. The second-order valence-corrected chi connectivity index (χ2v) is 5.30. The van der Waals surface area contributed by atoms with E-state index in [4.69, 9.17) is 23.2 Å². The standard InChI is InChI=1S/C11H7Cl2IN2O/c1-5-9(14)11(17)16-10(15-5)8-6(12)3-2-4-7(8)13/h2-4H,1H3,(H,15,16,17). The number of nitrogens with zero attached hydrogens (tertiary/aromatic N) is 1. The quantitative estimate of drug-likeness (QED) is 0.767. The lowest BCUT2D eigenvalue weighted by atomic mass is 10.2. The molecule has 0 unspecified atom stereocenters. The third-order valence-electron chi connectivity index (χ3n) is 2.23. The van der Waals surface area contributed by atoms with Crippen LogP contribution in [-0.4, -0.2) is 9.97 Å². The molecule has 0 bridgehead atoms. The number of rotatable bonds is 1. The van der Waals surface area contributed by atoms with Crippen LogP contribution >= 0.6 is 45.8 Å². The Kier molecular flexibility index (Phi) is 3.75. The van der Waals surface area contributed by atoms with Gasteiger partial charge in [-0.25, -0.2) is 4.98 Å². The van der Waals surface area contributed by atoms with Gasteiger partial charge in [0.1, 0.15) is 5.82 Å². The predicted molar refractivity (Wildman–Crippen MR) is 77.8 cm³/mol. The average molecular weight is 381 g/mol. The number of hydrogen-bond donors (Lipinski definition) is 1. The van der Waals surface area contributed by atoms with Gasteiger partial charge in [0.2, 0.25) is 0 Å². The summed E-state index contributed by atoms with van der Waals surface area (Å²) in [5, 5.41) is 0.919. The van der Waals surface area contributed by atoms with E-state index in [0.29, 0.717) is 30.7 Å². The molecular weight excluding hydrogens is 374 g/mol. The SMILES string of the molecule is Cc1nc(-c2c(Cl)cccc2Cl)[nH]c(=O)c1I. The zero-order chi connectivity index (χ0) is 12.6. The van der Waals surface area contributed by atoms with Crippen molar-refractivity contribution in [2.75, 3.05) is 0 Å². The second-order valence-electron chi connectivity index (χ2n) is 3.41. The molecule has 0 spiro atoms. The fourth-order valence-corrected chi connectivity index (χ4v) is 2.25. The van der Waals surface area contributed by atoms with Crippen LogP contribution in [0, 0.1) is 10.5 Å². The minimum atomic E-state index is -0.191. The molecule has 0 atom stereocenters. The van der Waals surface area contributed by atoms with Gasteiger partial charge in [-0.1, -0.05) is 29.3 Å². The van der Waals surface area contributed by atoms with Crippen LogP contribution < -0.4 is 5.56 Å². The Balaban J connectivity index is 2.74. The first-order valence-corrected chi connectivity index (χ1v) is 6.55. The number of nitrogens with one attached hydrogen (secondary N) is 1. The van der Waals surface area contributed by atoms with E-state index in [9.17, 15) is 4.79 Å². The third kappa shape index (κ3) is 2.48. The lowest BCUT2D eigenvalue weighted by Gasteiger charge is -2.07. The molecule has 6 heteroatoms. The molecular formula is C11H7Cl2IN2O. The second kappa shape index (κ2) is 4.96. The van der Waals surface area contributed by atoms with Crippen LogP contribution in [0.3, 0.4) is 0 Å². The van der Waals surface area contributed by atoms with Crippen molar-refractivity contribution in [2.45, 2.75) is 6.92 Å². The topological polar surface area (TPSA) is 45.8 Å². The van der Waals surface area contributed by atoms with E-state index < -0.39 is 0 Å². The van der Waals surface area contributed by atoms with E-state index in [1.54, 1.807) is 25.1 Å². The summed E-state index contributed by atoms with van der Waals surface area (Å²) >= 11 is 14.1. The van der Waals surface area contributed by atoms with E-state index >= 15 is 0 Å². The molecule has 0 saturated carbocycles. The largest absolute Gasteiger partial charge is 0.306 e. The van der Waals surface area contributed by atoms with E-state index in [1.165, 1.54) is 0 Å². The molecule has 0 aliphatic carbocycles. The van der Waals surface area contributed by atoms with Crippen molar-refractivity contribution >= 4 is 45.8 Å². The van der Waals surface area contributed by atoms with Gasteiger partial charge in [0, 0.05) is 0 Å². The zero-order valence-electron chi connectivity index (χ0n) is 8.72. The number of H-pyrrole nitrogens is 1. The van der Waals surface area contributed by atoms with E-state index in [1.807, 2.05) is 22.6 Å². The fourth-order valence-electron chi connectivity index (χ4n) is 1.41. The molecule has 2 aromatic rings. The van der Waals surface area contributed by atoms with Crippen LogP contribution in [0.1, 0.15) is 5.69 Å². The highest BCUT2D eigenvalue weighted by molar-refractivity contribution is 14.1. The summed E-state index contributed by atoms with van der Waals surface area (Å²) in [7, 11) is 0. The van der Waals surface area contributed by atoms with Crippen LogP contribution in [-0.2, 0) is 0 Å². The van der Waals surface area contributed by atoms with Crippen molar-refractivity contribution in [3.8, 4) is 11.4 Å². The third-order valence-corrected chi connectivity index (χ3v) is 4.13. The average Bonchev–Trinajstić information content (AvgIpc) is 2.25. The Labute approximate surface area is 121 Å². The first-order valence-electron chi connectivity index (χ1n) is 4.71. The Bertz CT molecular complexity index is 620. The zero-order valence-corrected chi connectivity index (χ0v) is 12.4. The van der Waals surface area contributed by atoms with Gasteiger partial charge in [0.05, 0.1) is 24.9 Å². The van der Waals surface area contributed by atoms with Crippen LogP contribution in [0.2, 0.25) is 10.0 Å². The predicted octanol–water partition coefficient (Wildman–Crippen LogP) is 3.66. The summed E-state index contributed by atoms with van der Waals surface area (Å²) in [6, 6.07) is 5.15. The van der Waals surface area contributed by atoms with Crippen molar-refractivity contribution in [1.29, 1.82) is 0 Å². The molecule has 0 saturated heterocycles. The smallest absolute Gasteiger partial charge is 0.264 e. The lowest BCUT2D eigenvalue weighted by Crippen LogP contribution is -2.14. The summed E-state index contributed by atoms with van der Waals surface area (Å²) in [6.07, 6.45) is 0. The minimum Gasteiger partial charge on any atom is -0.306 e. The summed E-state index contributed by atoms with van der Waals surface area (Å²) in [6.45, 7) is 1.77. The Morgan fingerprint density at radius 3 is 2.41 bits per heavy atom. The van der Waals surface area contributed by atoms with E-state index in [-0.39, 0.29) is 5.56 Å². The van der Waals surface area contributed by atoms with Crippen LogP contribution in [0.15, 0.2) is 23.0 Å². The maximum absolute atomic E-state index is 11.7. The molecule has 0 fully saturated rings. The highest BCUT2D eigenvalue weighted by Crippen LogP contribution is 2.31. The van der Waals surface area contributed by atoms with Crippen molar-refractivity contribution in [3.63, 3.8) is 0 Å². The van der Waals surface area contributed by atoms with Crippen LogP contribution in [0.4, 0.5) is 0 Å². The highest BCUT2D eigenvalue weighted by Gasteiger charge is 2.13. The van der Waals surface area contributed by atoms with Gasteiger partial charge in [-0.3, -0.25) is 4.79 Å². The molecule has 1 aromatic heterocycles. The first-order chi connectivity index (χ1) is 8.00. The summed E-state index contributed by atoms with van der Waals surface area (Å²) < 4.78 is 0.564.